The number of carbonyl (C=O) groups excluding carboxylic acids is 1. The van der Waals surface area contributed by atoms with E-state index in [1.807, 2.05) is 0 Å². The first-order valence-corrected chi connectivity index (χ1v) is 5.83. The molecule has 0 saturated heterocycles. The van der Waals surface area contributed by atoms with E-state index in [-0.39, 0.29) is 5.97 Å². The smallest absolute Gasteiger partial charge is 0.305 e. The molecule has 0 unspecified atom stereocenters. The molecule has 0 aromatic carbocycles. The largest absolute Gasteiger partial charge is 0.466 e. The zero-order valence-electron chi connectivity index (χ0n) is 10.9. The van der Waals surface area contributed by atoms with Gasteiger partial charge in [0.1, 0.15) is 0 Å². The van der Waals surface area contributed by atoms with Crippen molar-refractivity contribution >= 4 is 11.9 Å². The first-order valence-electron chi connectivity index (χ1n) is 5.83. The van der Waals surface area contributed by atoms with Crippen molar-refractivity contribution in [1.29, 1.82) is 0 Å². The Morgan fingerprint density at radius 1 is 1.29 bits per heavy atom. The average molecular weight is 245 g/mol. The van der Waals surface area contributed by atoms with Gasteiger partial charge in [-0.1, -0.05) is 0 Å². The van der Waals surface area contributed by atoms with Gasteiger partial charge in [0.25, 0.3) is 0 Å². The van der Waals surface area contributed by atoms with E-state index >= 15 is 0 Å². The van der Waals surface area contributed by atoms with Crippen molar-refractivity contribution in [2.24, 2.45) is 4.99 Å². The lowest BCUT2D eigenvalue weighted by molar-refractivity contribution is -0.143. The SMILES string of the molecule is CCOC(=O)CCCNC(=NC)NCCOC. The second kappa shape index (κ2) is 11.2. The summed E-state index contributed by atoms with van der Waals surface area (Å²) >= 11 is 0. The fourth-order valence-electron chi connectivity index (χ4n) is 1.16. The summed E-state index contributed by atoms with van der Waals surface area (Å²) in [5, 5.41) is 6.18. The maximum Gasteiger partial charge on any atom is 0.305 e. The lowest BCUT2D eigenvalue weighted by atomic mass is 10.3. The molecule has 0 spiro atoms. The van der Waals surface area contributed by atoms with E-state index in [2.05, 4.69) is 15.6 Å². The van der Waals surface area contributed by atoms with Crippen molar-refractivity contribution in [2.45, 2.75) is 19.8 Å². The predicted molar refractivity (Wildman–Crippen MR) is 67.1 cm³/mol. The predicted octanol–water partition coefficient (Wildman–Crippen LogP) is 0.141. The molecule has 100 valence electrons. The molecule has 0 bridgehead atoms. The van der Waals surface area contributed by atoms with Gasteiger partial charge in [-0.3, -0.25) is 9.79 Å². The molecular weight excluding hydrogens is 222 g/mol. The van der Waals surface area contributed by atoms with E-state index in [1.54, 1.807) is 21.1 Å². The van der Waals surface area contributed by atoms with Crippen LogP contribution in [0.2, 0.25) is 0 Å². The van der Waals surface area contributed by atoms with Gasteiger partial charge < -0.3 is 20.1 Å². The summed E-state index contributed by atoms with van der Waals surface area (Å²) in [7, 11) is 3.35. The number of ether oxygens (including phenoxy) is 2. The van der Waals surface area contributed by atoms with Gasteiger partial charge in [0.2, 0.25) is 0 Å². The van der Waals surface area contributed by atoms with E-state index in [4.69, 9.17) is 9.47 Å². The van der Waals surface area contributed by atoms with Gasteiger partial charge in [-0.2, -0.15) is 0 Å². The Balaban J connectivity index is 3.53. The lowest BCUT2D eigenvalue weighted by Gasteiger charge is -2.11. The maximum absolute atomic E-state index is 11.1. The average Bonchev–Trinajstić information content (AvgIpc) is 2.32. The van der Waals surface area contributed by atoms with Crippen LogP contribution in [-0.2, 0) is 14.3 Å². The number of methoxy groups -OCH3 is 1. The van der Waals surface area contributed by atoms with Crippen LogP contribution >= 0.6 is 0 Å². The minimum Gasteiger partial charge on any atom is -0.466 e. The van der Waals surface area contributed by atoms with Gasteiger partial charge in [0, 0.05) is 33.7 Å². The number of guanidine groups is 1. The molecule has 6 nitrogen and oxygen atoms in total. The Kier molecular flexibility index (Phi) is 10.3. The van der Waals surface area contributed by atoms with Crippen LogP contribution in [0.15, 0.2) is 4.99 Å². The van der Waals surface area contributed by atoms with Crippen LogP contribution in [0.1, 0.15) is 19.8 Å². The van der Waals surface area contributed by atoms with Gasteiger partial charge in [0.05, 0.1) is 13.2 Å². The molecule has 0 saturated carbocycles. The number of hydrogen-bond acceptors (Lipinski definition) is 4. The summed E-state index contributed by atoms with van der Waals surface area (Å²) in [6, 6.07) is 0. The molecule has 0 aliphatic carbocycles. The normalized spacial score (nSPS) is 11.1. The van der Waals surface area contributed by atoms with Gasteiger partial charge in [0.15, 0.2) is 5.96 Å². The number of nitrogens with one attached hydrogen (secondary N) is 2. The van der Waals surface area contributed by atoms with Crippen LogP contribution in [0.5, 0.6) is 0 Å². The molecule has 17 heavy (non-hydrogen) atoms. The maximum atomic E-state index is 11.1. The molecule has 0 aliphatic rings. The zero-order chi connectivity index (χ0) is 12.9. The fourth-order valence-corrected chi connectivity index (χ4v) is 1.16. The number of esters is 1. The standard InChI is InChI=1S/C11H23N3O3/c1-4-17-10(15)6-5-7-13-11(12-2)14-8-9-16-3/h4-9H2,1-3H3,(H2,12,13,14). The Morgan fingerprint density at radius 2 is 2.00 bits per heavy atom. The van der Waals surface area contributed by atoms with E-state index in [0.29, 0.717) is 38.7 Å². The molecule has 0 radical (unpaired) electrons. The number of rotatable bonds is 8. The van der Waals surface area contributed by atoms with Gasteiger partial charge in [-0.25, -0.2) is 0 Å². The number of carbonyl (C=O) groups is 1. The molecule has 0 fully saturated rings. The third kappa shape index (κ3) is 9.62. The highest BCUT2D eigenvalue weighted by atomic mass is 16.5. The fraction of sp³-hybridized carbons (Fsp3) is 0.818. The highest BCUT2D eigenvalue weighted by molar-refractivity contribution is 5.79. The van der Waals surface area contributed by atoms with Crippen LogP contribution in [0.3, 0.4) is 0 Å². The highest BCUT2D eigenvalue weighted by Crippen LogP contribution is 1.91. The van der Waals surface area contributed by atoms with Crippen LogP contribution < -0.4 is 10.6 Å². The first kappa shape index (κ1) is 15.7. The van der Waals surface area contributed by atoms with E-state index < -0.39 is 0 Å². The van der Waals surface area contributed by atoms with Crippen molar-refractivity contribution in [3.63, 3.8) is 0 Å². The summed E-state index contributed by atoms with van der Waals surface area (Å²) in [4.78, 5) is 15.1. The number of hydrogen-bond donors (Lipinski definition) is 2. The Hall–Kier alpha value is -1.30. The second-order valence-electron chi connectivity index (χ2n) is 3.33. The summed E-state index contributed by atoms with van der Waals surface area (Å²) < 4.78 is 9.74. The molecule has 0 amide bonds. The summed E-state index contributed by atoms with van der Waals surface area (Å²) in [5.41, 5.74) is 0. The van der Waals surface area contributed by atoms with Gasteiger partial charge >= 0.3 is 5.97 Å². The van der Waals surface area contributed by atoms with E-state index in [9.17, 15) is 4.79 Å². The Morgan fingerprint density at radius 3 is 2.59 bits per heavy atom. The molecule has 0 heterocycles. The molecule has 0 aliphatic heterocycles. The monoisotopic (exact) mass is 245 g/mol. The van der Waals surface area contributed by atoms with Crippen molar-refractivity contribution in [3.8, 4) is 0 Å². The summed E-state index contributed by atoms with van der Waals surface area (Å²) in [5.74, 6) is 0.558. The van der Waals surface area contributed by atoms with Crippen LogP contribution in [-0.4, -0.2) is 52.4 Å². The minimum atomic E-state index is -0.156. The Bertz CT molecular complexity index is 232. The molecule has 6 heteroatoms. The van der Waals surface area contributed by atoms with Crippen LogP contribution in [0.25, 0.3) is 0 Å². The molecule has 0 aromatic rings. The van der Waals surface area contributed by atoms with Gasteiger partial charge in [-0.05, 0) is 13.3 Å². The van der Waals surface area contributed by atoms with Crippen molar-refractivity contribution in [3.05, 3.63) is 0 Å². The van der Waals surface area contributed by atoms with Gasteiger partial charge in [-0.15, -0.1) is 0 Å². The number of aliphatic imine (C=N–C) groups is 1. The minimum absolute atomic E-state index is 0.156. The Labute approximate surface area is 103 Å². The molecule has 2 N–H and O–H groups in total. The third-order valence-electron chi connectivity index (χ3n) is 1.98. The quantitative estimate of drug-likeness (QED) is 0.275. The molecule has 0 rings (SSSR count). The summed E-state index contributed by atoms with van der Waals surface area (Å²) in [6.45, 7) is 4.26. The van der Waals surface area contributed by atoms with Crippen LogP contribution in [0, 0.1) is 0 Å². The van der Waals surface area contributed by atoms with Crippen molar-refractivity contribution in [1.82, 2.24) is 10.6 Å². The van der Waals surface area contributed by atoms with Crippen LogP contribution in [0.4, 0.5) is 0 Å². The second-order valence-corrected chi connectivity index (χ2v) is 3.33. The van der Waals surface area contributed by atoms with E-state index in [1.165, 1.54) is 0 Å². The van der Waals surface area contributed by atoms with E-state index in [0.717, 1.165) is 6.42 Å². The first-order chi connectivity index (χ1) is 8.24. The summed E-state index contributed by atoms with van der Waals surface area (Å²) in [6.07, 6.45) is 1.15. The van der Waals surface area contributed by atoms with Crippen molar-refractivity contribution in [2.75, 3.05) is 40.5 Å². The molecule has 0 aromatic heterocycles. The third-order valence-corrected chi connectivity index (χ3v) is 1.98. The molecular formula is C11H23N3O3. The zero-order valence-corrected chi connectivity index (χ0v) is 10.9. The topological polar surface area (TPSA) is 72.0 Å². The lowest BCUT2D eigenvalue weighted by Crippen LogP contribution is -2.39. The molecule has 0 atom stereocenters. The number of nitrogens with zero attached hydrogens (tertiary/aromatic N) is 1. The van der Waals surface area contributed by atoms with Crippen molar-refractivity contribution < 1.29 is 14.3 Å². The highest BCUT2D eigenvalue weighted by Gasteiger charge is 2.01.